The molecule has 0 unspecified atom stereocenters. The average molecular weight is 432 g/mol. The fraction of sp³-hybridized carbons (Fsp3) is 0.250. The molecule has 1 aliphatic rings. The van der Waals surface area contributed by atoms with Gasteiger partial charge in [0.15, 0.2) is 0 Å². The predicted molar refractivity (Wildman–Crippen MR) is 143 cm³/mol. The average Bonchev–Trinajstić information content (AvgIpc) is 3.03. The minimum atomic E-state index is -0.0666. The van der Waals surface area contributed by atoms with Crippen LogP contribution in [0.3, 0.4) is 0 Å². The number of hydrogen-bond acceptors (Lipinski definition) is 1. The van der Waals surface area contributed by atoms with E-state index in [0.29, 0.717) is 0 Å². The lowest BCUT2D eigenvalue weighted by molar-refractivity contribution is 0.558. The molecule has 0 bridgehead atoms. The van der Waals surface area contributed by atoms with Crippen LogP contribution in [-0.2, 0) is 5.41 Å². The number of nitrogens with zero attached hydrogens (tertiary/aromatic N) is 1. The molecule has 4 aromatic carbocycles. The van der Waals surface area contributed by atoms with Crippen LogP contribution in [0, 0.1) is 6.92 Å². The first-order valence-electron chi connectivity index (χ1n) is 11.9. The van der Waals surface area contributed by atoms with Gasteiger partial charge in [-0.2, -0.15) is 0 Å². The maximum absolute atomic E-state index is 2.50. The van der Waals surface area contributed by atoms with E-state index in [0.717, 1.165) is 0 Å². The Morgan fingerprint density at radius 3 is 1.91 bits per heavy atom. The normalized spacial score (nSPS) is 14.0. The fourth-order valence-electron chi connectivity index (χ4n) is 5.69. The minimum Gasteiger partial charge on any atom is -0.336 e. The van der Waals surface area contributed by atoms with Crippen molar-refractivity contribution in [3.8, 4) is 22.3 Å². The Morgan fingerprint density at radius 1 is 0.636 bits per heavy atom. The smallest absolute Gasteiger partial charge is 0.0448 e. The molecule has 0 N–H and O–H groups in total. The van der Waals surface area contributed by atoms with Gasteiger partial charge in [0.1, 0.15) is 0 Å². The molecule has 33 heavy (non-hydrogen) atoms. The summed E-state index contributed by atoms with van der Waals surface area (Å²) in [6.45, 7) is 13.9. The van der Waals surface area contributed by atoms with E-state index in [2.05, 4.69) is 137 Å². The van der Waals surface area contributed by atoms with Gasteiger partial charge >= 0.3 is 0 Å². The van der Waals surface area contributed by atoms with Gasteiger partial charge in [0, 0.05) is 22.3 Å². The van der Waals surface area contributed by atoms with Crippen molar-refractivity contribution in [2.45, 2.75) is 52.5 Å². The Bertz CT molecular complexity index is 1310. The predicted octanol–water partition coefficient (Wildman–Crippen LogP) is 8.90. The van der Waals surface area contributed by atoms with Gasteiger partial charge in [-0.05, 0) is 84.8 Å². The molecule has 0 fully saturated rings. The maximum atomic E-state index is 2.50. The van der Waals surface area contributed by atoms with Crippen LogP contribution < -0.4 is 4.90 Å². The van der Waals surface area contributed by atoms with Crippen LogP contribution >= 0.6 is 0 Å². The van der Waals surface area contributed by atoms with Crippen LogP contribution in [-0.4, -0.2) is 5.54 Å². The largest absolute Gasteiger partial charge is 0.336 e. The molecule has 0 saturated heterocycles. The standard InChI is InChI=1S/C32H33N/c1-22-29(21-20-27-26-14-10-11-15-28(26)32(5,6)30(22)27)33(31(2,3)4)25-18-16-24(17-19-25)23-12-8-7-9-13-23/h7-21H,1-6H3. The van der Waals surface area contributed by atoms with Crippen molar-refractivity contribution in [2.75, 3.05) is 4.90 Å². The summed E-state index contributed by atoms with van der Waals surface area (Å²) in [6.07, 6.45) is 0. The van der Waals surface area contributed by atoms with Gasteiger partial charge < -0.3 is 4.90 Å². The van der Waals surface area contributed by atoms with Gasteiger partial charge in [-0.1, -0.05) is 86.6 Å². The molecule has 0 heterocycles. The van der Waals surface area contributed by atoms with Crippen LogP contribution in [0.5, 0.6) is 0 Å². The lowest BCUT2D eigenvalue weighted by Crippen LogP contribution is -2.38. The number of hydrogen-bond donors (Lipinski definition) is 0. The molecule has 1 aliphatic carbocycles. The summed E-state index contributed by atoms with van der Waals surface area (Å²) in [6, 6.07) is 33.1. The number of anilines is 2. The molecule has 0 saturated carbocycles. The summed E-state index contributed by atoms with van der Waals surface area (Å²) in [7, 11) is 0. The summed E-state index contributed by atoms with van der Waals surface area (Å²) >= 11 is 0. The SMILES string of the molecule is Cc1c(N(c2ccc(-c3ccccc3)cc2)C(C)(C)C)ccc2c1C(C)(C)c1ccccc1-2. The second kappa shape index (κ2) is 7.63. The monoisotopic (exact) mass is 431 g/mol. The highest BCUT2D eigenvalue weighted by Crippen LogP contribution is 2.52. The summed E-state index contributed by atoms with van der Waals surface area (Å²) in [5, 5.41) is 0. The van der Waals surface area contributed by atoms with Crippen molar-refractivity contribution in [1.82, 2.24) is 0 Å². The van der Waals surface area contributed by atoms with E-state index in [1.807, 2.05) is 0 Å². The first-order valence-corrected chi connectivity index (χ1v) is 11.9. The van der Waals surface area contributed by atoms with E-state index in [1.54, 1.807) is 0 Å². The van der Waals surface area contributed by atoms with Crippen molar-refractivity contribution in [3.05, 3.63) is 108 Å². The summed E-state index contributed by atoms with van der Waals surface area (Å²) in [5.74, 6) is 0. The number of rotatable bonds is 3. The van der Waals surface area contributed by atoms with Crippen molar-refractivity contribution in [1.29, 1.82) is 0 Å². The quantitative estimate of drug-likeness (QED) is 0.313. The Morgan fingerprint density at radius 2 is 1.24 bits per heavy atom. The van der Waals surface area contributed by atoms with E-state index in [1.165, 1.54) is 50.3 Å². The van der Waals surface area contributed by atoms with Crippen LogP contribution in [0.15, 0.2) is 91.0 Å². The first-order chi connectivity index (χ1) is 15.7. The topological polar surface area (TPSA) is 3.24 Å². The summed E-state index contributed by atoms with van der Waals surface area (Å²) in [5.41, 5.74) is 11.9. The van der Waals surface area contributed by atoms with E-state index in [4.69, 9.17) is 0 Å². The second-order valence-electron chi connectivity index (χ2n) is 10.7. The minimum absolute atomic E-state index is 0.00720. The van der Waals surface area contributed by atoms with Gasteiger partial charge in [0.2, 0.25) is 0 Å². The molecule has 0 radical (unpaired) electrons. The zero-order chi connectivity index (χ0) is 23.4. The molecule has 1 heteroatoms. The zero-order valence-electron chi connectivity index (χ0n) is 20.6. The van der Waals surface area contributed by atoms with Gasteiger partial charge in [-0.25, -0.2) is 0 Å². The molecule has 0 aliphatic heterocycles. The lowest BCUT2D eigenvalue weighted by Gasteiger charge is -2.40. The fourth-order valence-corrected chi connectivity index (χ4v) is 5.69. The van der Waals surface area contributed by atoms with E-state index < -0.39 is 0 Å². The van der Waals surface area contributed by atoms with E-state index in [9.17, 15) is 0 Å². The molecule has 5 rings (SSSR count). The molecule has 166 valence electrons. The van der Waals surface area contributed by atoms with Crippen LogP contribution in [0.2, 0.25) is 0 Å². The highest BCUT2D eigenvalue weighted by molar-refractivity contribution is 5.86. The van der Waals surface area contributed by atoms with Crippen molar-refractivity contribution in [3.63, 3.8) is 0 Å². The lowest BCUT2D eigenvalue weighted by atomic mass is 9.80. The Balaban J connectivity index is 1.63. The number of benzene rings is 4. The molecule has 1 nitrogen and oxygen atoms in total. The zero-order valence-corrected chi connectivity index (χ0v) is 20.6. The van der Waals surface area contributed by atoms with Crippen molar-refractivity contribution in [2.24, 2.45) is 0 Å². The van der Waals surface area contributed by atoms with Crippen molar-refractivity contribution < 1.29 is 0 Å². The second-order valence-corrected chi connectivity index (χ2v) is 10.7. The third kappa shape index (κ3) is 3.47. The third-order valence-electron chi connectivity index (χ3n) is 7.10. The van der Waals surface area contributed by atoms with Crippen LogP contribution in [0.4, 0.5) is 11.4 Å². The highest BCUT2D eigenvalue weighted by atomic mass is 15.2. The summed E-state index contributed by atoms with van der Waals surface area (Å²) in [4.78, 5) is 2.50. The highest BCUT2D eigenvalue weighted by Gasteiger charge is 2.38. The van der Waals surface area contributed by atoms with Gasteiger partial charge in [0.25, 0.3) is 0 Å². The first kappa shape index (κ1) is 21.5. The molecule has 0 amide bonds. The molecule has 4 aromatic rings. The maximum Gasteiger partial charge on any atom is 0.0448 e. The third-order valence-corrected chi connectivity index (χ3v) is 7.10. The Kier molecular flexibility index (Phi) is 4.97. The molecule has 0 aromatic heterocycles. The molecule has 0 atom stereocenters. The Hall–Kier alpha value is -3.32. The van der Waals surface area contributed by atoms with Gasteiger partial charge in [-0.15, -0.1) is 0 Å². The van der Waals surface area contributed by atoms with E-state index in [-0.39, 0.29) is 11.0 Å². The number of fused-ring (bicyclic) bond motifs is 3. The van der Waals surface area contributed by atoms with Crippen LogP contribution in [0.25, 0.3) is 22.3 Å². The molecular weight excluding hydrogens is 398 g/mol. The Labute approximate surface area is 198 Å². The molecule has 0 spiro atoms. The summed E-state index contributed by atoms with van der Waals surface area (Å²) < 4.78 is 0. The molecular formula is C32H33N. The van der Waals surface area contributed by atoms with Crippen LogP contribution in [0.1, 0.15) is 51.3 Å². The van der Waals surface area contributed by atoms with Gasteiger partial charge in [0.05, 0.1) is 0 Å². The van der Waals surface area contributed by atoms with Gasteiger partial charge in [-0.3, -0.25) is 0 Å². The van der Waals surface area contributed by atoms with E-state index >= 15 is 0 Å². The van der Waals surface area contributed by atoms with Crippen molar-refractivity contribution >= 4 is 11.4 Å².